The van der Waals surface area contributed by atoms with E-state index in [0.717, 1.165) is 5.69 Å². The van der Waals surface area contributed by atoms with Crippen molar-refractivity contribution in [1.82, 2.24) is 4.90 Å². The zero-order chi connectivity index (χ0) is 16.8. The van der Waals surface area contributed by atoms with Crippen LogP contribution in [0.2, 0.25) is 0 Å². The molecule has 0 radical (unpaired) electrons. The van der Waals surface area contributed by atoms with Crippen LogP contribution in [0.3, 0.4) is 0 Å². The molecular formula is C18H21N3O2. The summed E-state index contributed by atoms with van der Waals surface area (Å²) in [5, 5.41) is 2.80. The molecule has 0 aliphatic heterocycles. The number of nitrogens with one attached hydrogen (secondary N) is 1. The molecule has 0 heterocycles. The number of rotatable bonds is 5. The largest absolute Gasteiger partial charge is 0.325 e. The summed E-state index contributed by atoms with van der Waals surface area (Å²) in [5.41, 5.74) is 1.96. The third-order valence-corrected chi connectivity index (χ3v) is 3.30. The fourth-order valence-corrected chi connectivity index (χ4v) is 2.18. The highest BCUT2D eigenvalue weighted by Gasteiger charge is 2.14. The minimum atomic E-state index is -0.125. The van der Waals surface area contributed by atoms with Crippen molar-refractivity contribution in [2.24, 2.45) is 0 Å². The molecule has 0 unspecified atom stereocenters. The molecule has 2 amide bonds. The van der Waals surface area contributed by atoms with Gasteiger partial charge < -0.3 is 15.1 Å². The van der Waals surface area contributed by atoms with Crippen LogP contribution < -0.4 is 10.2 Å². The van der Waals surface area contributed by atoms with Crippen molar-refractivity contribution in [1.29, 1.82) is 0 Å². The molecule has 0 spiro atoms. The smallest absolute Gasteiger partial charge is 0.258 e. The topological polar surface area (TPSA) is 52.7 Å². The van der Waals surface area contributed by atoms with E-state index in [2.05, 4.69) is 5.32 Å². The van der Waals surface area contributed by atoms with Gasteiger partial charge in [0, 0.05) is 24.0 Å². The summed E-state index contributed by atoms with van der Waals surface area (Å²) in [5.74, 6) is -0.240. The second-order valence-electron chi connectivity index (χ2n) is 5.57. The summed E-state index contributed by atoms with van der Waals surface area (Å²) in [6, 6.07) is 16.4. The van der Waals surface area contributed by atoms with Crippen molar-refractivity contribution >= 4 is 23.2 Å². The van der Waals surface area contributed by atoms with Gasteiger partial charge in [-0.3, -0.25) is 9.59 Å². The average Bonchev–Trinajstić information content (AvgIpc) is 2.53. The Kier molecular flexibility index (Phi) is 5.49. The number of hydrogen-bond donors (Lipinski definition) is 1. The molecule has 1 N–H and O–H groups in total. The molecule has 0 aromatic heterocycles. The lowest BCUT2D eigenvalue weighted by Gasteiger charge is -2.18. The van der Waals surface area contributed by atoms with Gasteiger partial charge in [-0.2, -0.15) is 0 Å². The number of para-hydroxylation sites is 1. The van der Waals surface area contributed by atoms with Crippen molar-refractivity contribution in [3.05, 3.63) is 60.2 Å². The number of amides is 2. The normalized spacial score (nSPS) is 10.4. The fraction of sp³-hybridized carbons (Fsp3) is 0.222. The zero-order valence-corrected chi connectivity index (χ0v) is 13.6. The van der Waals surface area contributed by atoms with Crippen LogP contribution in [0.25, 0.3) is 0 Å². The van der Waals surface area contributed by atoms with Gasteiger partial charge in [-0.15, -0.1) is 0 Å². The van der Waals surface area contributed by atoms with Gasteiger partial charge in [-0.1, -0.05) is 24.3 Å². The molecule has 23 heavy (non-hydrogen) atoms. The summed E-state index contributed by atoms with van der Waals surface area (Å²) in [7, 11) is 5.39. The second kappa shape index (κ2) is 7.56. The minimum Gasteiger partial charge on any atom is -0.325 e. The van der Waals surface area contributed by atoms with Crippen LogP contribution in [0, 0.1) is 0 Å². The van der Waals surface area contributed by atoms with E-state index < -0.39 is 0 Å². The molecule has 0 bridgehead atoms. The highest BCUT2D eigenvalue weighted by molar-refractivity contribution is 6.06. The highest BCUT2D eigenvalue weighted by atomic mass is 16.2. The number of nitrogens with zero attached hydrogens (tertiary/aromatic N) is 2. The first-order chi connectivity index (χ1) is 11.0. The van der Waals surface area contributed by atoms with Gasteiger partial charge in [0.1, 0.15) is 0 Å². The average molecular weight is 311 g/mol. The van der Waals surface area contributed by atoms with Gasteiger partial charge >= 0.3 is 0 Å². The number of benzene rings is 2. The van der Waals surface area contributed by atoms with E-state index in [1.807, 2.05) is 44.4 Å². The SMILES string of the molecule is CN(C)CC(=O)Nc1cccc(C(=O)N(C)c2ccccc2)c1. The number of likely N-dealkylation sites (N-methyl/N-ethyl adjacent to an activating group) is 1. The second-order valence-corrected chi connectivity index (χ2v) is 5.57. The van der Waals surface area contributed by atoms with Crippen LogP contribution in [0.5, 0.6) is 0 Å². The Morgan fingerprint density at radius 1 is 0.957 bits per heavy atom. The van der Waals surface area contributed by atoms with E-state index in [-0.39, 0.29) is 11.8 Å². The number of hydrogen-bond acceptors (Lipinski definition) is 3. The van der Waals surface area contributed by atoms with E-state index in [4.69, 9.17) is 0 Å². The van der Waals surface area contributed by atoms with Gasteiger partial charge in [0.15, 0.2) is 0 Å². The predicted octanol–water partition coefficient (Wildman–Crippen LogP) is 2.46. The maximum atomic E-state index is 12.6. The van der Waals surface area contributed by atoms with E-state index in [1.54, 1.807) is 41.1 Å². The lowest BCUT2D eigenvalue weighted by Crippen LogP contribution is -2.28. The van der Waals surface area contributed by atoms with Gasteiger partial charge in [0.25, 0.3) is 5.91 Å². The van der Waals surface area contributed by atoms with E-state index in [9.17, 15) is 9.59 Å². The molecular weight excluding hydrogens is 290 g/mol. The lowest BCUT2D eigenvalue weighted by molar-refractivity contribution is -0.116. The minimum absolute atomic E-state index is 0.115. The Hall–Kier alpha value is -2.66. The lowest BCUT2D eigenvalue weighted by atomic mass is 10.1. The maximum absolute atomic E-state index is 12.6. The summed E-state index contributed by atoms with van der Waals surface area (Å²) in [6.45, 7) is 0.294. The first kappa shape index (κ1) is 16.7. The van der Waals surface area contributed by atoms with Crippen molar-refractivity contribution in [3.63, 3.8) is 0 Å². The third-order valence-electron chi connectivity index (χ3n) is 3.30. The van der Waals surface area contributed by atoms with Crippen LogP contribution in [-0.2, 0) is 4.79 Å². The Morgan fingerprint density at radius 2 is 1.65 bits per heavy atom. The quantitative estimate of drug-likeness (QED) is 0.923. The molecule has 5 nitrogen and oxygen atoms in total. The summed E-state index contributed by atoms with van der Waals surface area (Å²) >= 11 is 0. The molecule has 0 atom stereocenters. The molecule has 0 fully saturated rings. The molecule has 5 heteroatoms. The van der Waals surface area contributed by atoms with Gasteiger partial charge in [-0.25, -0.2) is 0 Å². The van der Waals surface area contributed by atoms with Crippen molar-refractivity contribution < 1.29 is 9.59 Å². The van der Waals surface area contributed by atoms with Crippen LogP contribution in [0.4, 0.5) is 11.4 Å². The Labute approximate surface area is 136 Å². The van der Waals surface area contributed by atoms with Crippen LogP contribution >= 0.6 is 0 Å². The predicted molar refractivity (Wildman–Crippen MR) is 92.8 cm³/mol. The molecule has 2 aromatic rings. The third kappa shape index (κ3) is 4.66. The molecule has 2 rings (SSSR count). The van der Waals surface area contributed by atoms with Gasteiger partial charge in [0.2, 0.25) is 5.91 Å². The molecule has 0 saturated carbocycles. The van der Waals surface area contributed by atoms with E-state index in [1.165, 1.54) is 0 Å². The highest BCUT2D eigenvalue weighted by Crippen LogP contribution is 2.17. The Bertz CT molecular complexity index is 684. The molecule has 120 valence electrons. The first-order valence-corrected chi connectivity index (χ1v) is 7.35. The fourth-order valence-electron chi connectivity index (χ4n) is 2.18. The van der Waals surface area contributed by atoms with Gasteiger partial charge in [-0.05, 0) is 44.4 Å². The van der Waals surface area contributed by atoms with Crippen molar-refractivity contribution in [2.45, 2.75) is 0 Å². The molecule has 2 aromatic carbocycles. The molecule has 0 aliphatic carbocycles. The first-order valence-electron chi connectivity index (χ1n) is 7.35. The number of carbonyl (C=O) groups is 2. The van der Waals surface area contributed by atoms with Crippen molar-refractivity contribution in [2.75, 3.05) is 37.9 Å². The zero-order valence-electron chi connectivity index (χ0n) is 13.6. The number of carbonyl (C=O) groups excluding carboxylic acids is 2. The van der Waals surface area contributed by atoms with Gasteiger partial charge in [0.05, 0.1) is 6.54 Å². The molecule has 0 saturated heterocycles. The number of anilines is 2. The van der Waals surface area contributed by atoms with Crippen molar-refractivity contribution in [3.8, 4) is 0 Å². The molecule has 0 aliphatic rings. The Morgan fingerprint density at radius 3 is 2.30 bits per heavy atom. The summed E-state index contributed by atoms with van der Waals surface area (Å²) < 4.78 is 0. The van der Waals surface area contributed by atoms with E-state index in [0.29, 0.717) is 17.8 Å². The maximum Gasteiger partial charge on any atom is 0.258 e. The monoisotopic (exact) mass is 311 g/mol. The Balaban J connectivity index is 2.13. The summed E-state index contributed by atoms with van der Waals surface area (Å²) in [6.07, 6.45) is 0. The van der Waals surface area contributed by atoms with Crippen LogP contribution in [0.1, 0.15) is 10.4 Å². The van der Waals surface area contributed by atoms with Crippen LogP contribution in [-0.4, -0.2) is 44.4 Å². The van der Waals surface area contributed by atoms with Crippen LogP contribution in [0.15, 0.2) is 54.6 Å². The van der Waals surface area contributed by atoms with E-state index >= 15 is 0 Å². The summed E-state index contributed by atoms with van der Waals surface area (Å²) in [4.78, 5) is 27.7. The standard InChI is InChI=1S/C18H21N3O2/c1-20(2)13-17(22)19-15-9-7-8-14(12-15)18(23)21(3)16-10-5-4-6-11-16/h4-12H,13H2,1-3H3,(H,19,22).